The number of amides is 3. The Morgan fingerprint density at radius 2 is 1.57 bits per heavy atom. The number of ether oxygens (including phenoxy) is 3. The van der Waals surface area contributed by atoms with Crippen molar-refractivity contribution in [3.05, 3.63) is 114 Å². The molecule has 226 valence electrons. The number of hydrogen-bond acceptors (Lipinski definition) is 7. The quantitative estimate of drug-likeness (QED) is 0.121. The molecule has 0 aliphatic heterocycles. The molecule has 10 heteroatoms. The first kappa shape index (κ1) is 31.7. The van der Waals surface area contributed by atoms with Crippen molar-refractivity contribution in [1.82, 2.24) is 5.32 Å². The Morgan fingerprint density at radius 1 is 0.795 bits per heavy atom. The third kappa shape index (κ3) is 8.89. The van der Waals surface area contributed by atoms with E-state index in [1.54, 1.807) is 86.0 Å². The number of carbonyl (C=O) groups excluding carboxylic acids is 3. The van der Waals surface area contributed by atoms with Gasteiger partial charge in [-0.05, 0) is 61.5 Å². The van der Waals surface area contributed by atoms with Gasteiger partial charge in [0.25, 0.3) is 11.8 Å². The number of nitrogens with one attached hydrogen (secondary N) is 3. The van der Waals surface area contributed by atoms with E-state index < -0.39 is 11.8 Å². The van der Waals surface area contributed by atoms with Crippen LogP contribution in [0.1, 0.15) is 22.8 Å². The normalized spacial score (nSPS) is 10.8. The number of benzene rings is 4. The summed E-state index contributed by atoms with van der Waals surface area (Å²) in [7, 11) is 3.07. The van der Waals surface area contributed by atoms with Crippen molar-refractivity contribution in [3.8, 4) is 17.2 Å². The van der Waals surface area contributed by atoms with Crippen LogP contribution in [0.2, 0.25) is 0 Å². The summed E-state index contributed by atoms with van der Waals surface area (Å²) >= 11 is 1.31. The van der Waals surface area contributed by atoms with Gasteiger partial charge in [-0.3, -0.25) is 14.4 Å². The van der Waals surface area contributed by atoms with Crippen LogP contribution in [0.25, 0.3) is 6.08 Å². The first-order valence-electron chi connectivity index (χ1n) is 13.8. The number of hydrogen-bond donors (Lipinski definition) is 3. The van der Waals surface area contributed by atoms with Crippen LogP contribution in [0, 0.1) is 0 Å². The maximum absolute atomic E-state index is 13.5. The van der Waals surface area contributed by atoms with Crippen LogP contribution in [0.4, 0.5) is 11.4 Å². The Bertz CT molecular complexity index is 1640. The summed E-state index contributed by atoms with van der Waals surface area (Å²) in [6, 6.07) is 28.1. The third-order valence-corrected chi connectivity index (χ3v) is 7.19. The smallest absolute Gasteiger partial charge is 0.272 e. The van der Waals surface area contributed by atoms with Gasteiger partial charge in [0.05, 0.1) is 32.3 Å². The van der Waals surface area contributed by atoms with Crippen LogP contribution in [-0.4, -0.2) is 44.3 Å². The summed E-state index contributed by atoms with van der Waals surface area (Å²) in [5.74, 6) is 0.632. The highest BCUT2D eigenvalue weighted by Crippen LogP contribution is 2.30. The number of methoxy groups -OCH3 is 2. The summed E-state index contributed by atoms with van der Waals surface area (Å²) < 4.78 is 16.3. The molecule has 0 bridgehead atoms. The standard InChI is InChI=1S/C34H33N3O6S/c1-4-43-30-16-9-8-13-24(30)19-29(37-33(39)23-11-6-5-7-12-23)34(40)35-25-14-10-15-27(20-25)44-22-32(38)36-28-18-17-26(41-2)21-31(28)42-3/h5-21H,4,22H2,1-3H3,(H,35,40)(H,36,38)(H,37,39)/b29-19+. The van der Waals surface area contributed by atoms with E-state index in [-0.39, 0.29) is 17.4 Å². The van der Waals surface area contributed by atoms with Gasteiger partial charge < -0.3 is 30.2 Å². The van der Waals surface area contributed by atoms with Gasteiger partial charge in [-0.2, -0.15) is 0 Å². The molecule has 0 fully saturated rings. The summed E-state index contributed by atoms with van der Waals surface area (Å²) in [4.78, 5) is 40.0. The lowest BCUT2D eigenvalue weighted by molar-refractivity contribution is -0.114. The molecule has 0 aliphatic carbocycles. The largest absolute Gasteiger partial charge is 0.497 e. The van der Waals surface area contributed by atoms with Gasteiger partial charge in [-0.15, -0.1) is 11.8 Å². The minimum absolute atomic E-state index is 0.0388. The average molecular weight is 612 g/mol. The Morgan fingerprint density at radius 3 is 2.32 bits per heavy atom. The number of thioether (sulfide) groups is 1. The van der Waals surface area contributed by atoms with Gasteiger partial charge in [0.1, 0.15) is 22.9 Å². The third-order valence-electron chi connectivity index (χ3n) is 6.19. The number of anilines is 2. The molecular weight excluding hydrogens is 578 g/mol. The van der Waals surface area contributed by atoms with Crippen molar-refractivity contribution in [2.24, 2.45) is 0 Å². The molecule has 0 saturated heterocycles. The van der Waals surface area contributed by atoms with E-state index in [1.165, 1.54) is 18.9 Å². The number of carbonyl (C=O) groups is 3. The second-order valence-electron chi connectivity index (χ2n) is 9.23. The van der Waals surface area contributed by atoms with Gasteiger partial charge in [-0.25, -0.2) is 0 Å². The fourth-order valence-corrected chi connectivity index (χ4v) is 4.84. The van der Waals surface area contributed by atoms with Crippen LogP contribution in [0.5, 0.6) is 17.2 Å². The molecule has 3 N–H and O–H groups in total. The molecule has 9 nitrogen and oxygen atoms in total. The lowest BCUT2D eigenvalue weighted by Crippen LogP contribution is -2.30. The van der Waals surface area contributed by atoms with Gasteiger partial charge in [-0.1, -0.05) is 42.5 Å². The predicted octanol–water partition coefficient (Wildman–Crippen LogP) is 6.24. The molecule has 0 radical (unpaired) electrons. The zero-order chi connectivity index (χ0) is 31.3. The van der Waals surface area contributed by atoms with Crippen LogP contribution in [0.15, 0.2) is 108 Å². The van der Waals surface area contributed by atoms with Crippen molar-refractivity contribution >= 4 is 46.9 Å². The summed E-state index contributed by atoms with van der Waals surface area (Å²) in [6.07, 6.45) is 1.58. The van der Waals surface area contributed by atoms with Gasteiger partial charge in [0.15, 0.2) is 0 Å². The first-order valence-corrected chi connectivity index (χ1v) is 14.7. The predicted molar refractivity (Wildman–Crippen MR) is 173 cm³/mol. The van der Waals surface area contributed by atoms with E-state index in [1.807, 2.05) is 31.2 Å². The minimum Gasteiger partial charge on any atom is -0.497 e. The highest BCUT2D eigenvalue weighted by Gasteiger charge is 2.17. The maximum atomic E-state index is 13.5. The van der Waals surface area contributed by atoms with E-state index in [9.17, 15) is 14.4 Å². The number of rotatable bonds is 13. The zero-order valence-electron chi connectivity index (χ0n) is 24.6. The van der Waals surface area contributed by atoms with Crippen molar-refractivity contribution in [3.63, 3.8) is 0 Å². The molecule has 3 amide bonds. The second-order valence-corrected chi connectivity index (χ2v) is 10.3. The van der Waals surface area contributed by atoms with Crippen LogP contribution >= 0.6 is 11.8 Å². The van der Waals surface area contributed by atoms with E-state index in [4.69, 9.17) is 14.2 Å². The molecule has 0 saturated carbocycles. The topological polar surface area (TPSA) is 115 Å². The molecule has 44 heavy (non-hydrogen) atoms. The fourth-order valence-electron chi connectivity index (χ4n) is 4.08. The van der Waals surface area contributed by atoms with Gasteiger partial charge in [0, 0.05) is 27.8 Å². The highest BCUT2D eigenvalue weighted by atomic mass is 32.2. The molecule has 0 aromatic heterocycles. The van der Waals surface area contributed by atoms with Crippen LogP contribution in [0.3, 0.4) is 0 Å². The monoisotopic (exact) mass is 611 g/mol. The Balaban J connectivity index is 1.47. The summed E-state index contributed by atoms with van der Waals surface area (Å²) in [6.45, 7) is 2.31. The molecule has 0 atom stereocenters. The van der Waals surface area contributed by atoms with E-state index in [0.29, 0.717) is 46.4 Å². The van der Waals surface area contributed by atoms with Crippen molar-refractivity contribution in [2.75, 3.05) is 37.2 Å². The van der Waals surface area contributed by atoms with Crippen molar-refractivity contribution in [2.45, 2.75) is 11.8 Å². The molecule has 4 aromatic carbocycles. The second kappa shape index (κ2) is 15.9. The average Bonchev–Trinajstić information content (AvgIpc) is 3.05. The molecule has 4 rings (SSSR count). The van der Waals surface area contributed by atoms with Crippen molar-refractivity contribution < 1.29 is 28.6 Å². The van der Waals surface area contributed by atoms with E-state index in [2.05, 4.69) is 16.0 Å². The Labute approximate surface area is 260 Å². The highest BCUT2D eigenvalue weighted by molar-refractivity contribution is 8.00. The molecule has 0 spiro atoms. The summed E-state index contributed by atoms with van der Waals surface area (Å²) in [5.41, 5.74) is 2.11. The van der Waals surface area contributed by atoms with Gasteiger partial charge >= 0.3 is 0 Å². The molecular formula is C34H33N3O6S. The minimum atomic E-state index is -0.521. The Hall–Kier alpha value is -5.22. The first-order chi connectivity index (χ1) is 21.4. The number of para-hydroxylation sites is 1. The van der Waals surface area contributed by atoms with Crippen LogP contribution in [-0.2, 0) is 9.59 Å². The molecule has 0 aliphatic rings. The summed E-state index contributed by atoms with van der Waals surface area (Å²) in [5, 5.41) is 8.45. The van der Waals surface area contributed by atoms with Crippen molar-refractivity contribution in [1.29, 1.82) is 0 Å². The molecule has 0 heterocycles. The van der Waals surface area contributed by atoms with Crippen LogP contribution < -0.4 is 30.2 Å². The zero-order valence-corrected chi connectivity index (χ0v) is 25.4. The SMILES string of the molecule is CCOc1ccccc1/C=C(/NC(=O)c1ccccc1)C(=O)Nc1cccc(SCC(=O)Nc2ccc(OC)cc2OC)c1. The Kier molecular flexibility index (Phi) is 11.4. The van der Waals surface area contributed by atoms with Gasteiger partial charge in [0.2, 0.25) is 5.91 Å². The van der Waals surface area contributed by atoms with E-state index >= 15 is 0 Å². The molecule has 0 unspecified atom stereocenters. The lowest BCUT2D eigenvalue weighted by atomic mass is 10.1. The fraction of sp³-hybridized carbons (Fsp3) is 0.147. The maximum Gasteiger partial charge on any atom is 0.272 e. The molecule has 4 aromatic rings. The lowest BCUT2D eigenvalue weighted by Gasteiger charge is -2.14. The van der Waals surface area contributed by atoms with E-state index in [0.717, 1.165) is 4.90 Å².